The average Bonchev–Trinajstić information content (AvgIpc) is 2.73. The Morgan fingerprint density at radius 3 is 1.61 bits per heavy atom. The van der Waals surface area contributed by atoms with E-state index in [1.807, 2.05) is 6.07 Å². The number of carboxylic acid groups (broad SMARTS) is 1. The number of hydrogen-bond donors (Lipinski definition) is 7. The van der Waals surface area contributed by atoms with Crippen LogP contribution in [0.5, 0.6) is 0 Å². The van der Waals surface area contributed by atoms with E-state index in [-0.39, 0.29) is 6.42 Å². The molecule has 1 aromatic rings. The second-order valence-electron chi connectivity index (χ2n) is 8.32. The predicted octanol–water partition coefficient (Wildman–Crippen LogP) is -1.49. The third-order valence-corrected chi connectivity index (χ3v) is 4.99. The van der Waals surface area contributed by atoms with Crippen LogP contribution in [0, 0.1) is 5.92 Å². The van der Waals surface area contributed by atoms with Gasteiger partial charge in [-0.1, -0.05) is 44.2 Å². The number of benzene rings is 1. The topological polar surface area (TPSA) is 191 Å². The zero-order valence-electron chi connectivity index (χ0n) is 19.2. The molecule has 1 rings (SSSR count). The summed E-state index contributed by atoms with van der Waals surface area (Å²) < 4.78 is 0. The molecule has 0 bridgehead atoms. The van der Waals surface area contributed by atoms with Gasteiger partial charge in [0.1, 0.15) is 18.1 Å². The van der Waals surface area contributed by atoms with E-state index >= 15 is 0 Å². The number of rotatable bonds is 12. The zero-order valence-corrected chi connectivity index (χ0v) is 19.2. The SMILES string of the molecule is CC(C)C(NC(=O)C(NC(=O)C(NC(=O)C(N)Cc1ccccc1)C(C)O)C(C)O)C(=O)O. The van der Waals surface area contributed by atoms with E-state index in [1.54, 1.807) is 38.1 Å². The van der Waals surface area contributed by atoms with Crippen LogP contribution in [0.1, 0.15) is 33.3 Å². The van der Waals surface area contributed by atoms with Crippen LogP contribution in [0.2, 0.25) is 0 Å². The minimum absolute atomic E-state index is 0.200. The van der Waals surface area contributed by atoms with Gasteiger partial charge in [0.15, 0.2) is 0 Å². The maximum Gasteiger partial charge on any atom is 0.326 e. The first-order chi connectivity index (χ1) is 15.3. The molecule has 6 unspecified atom stereocenters. The Morgan fingerprint density at radius 1 is 0.788 bits per heavy atom. The molecule has 0 radical (unpaired) electrons. The van der Waals surface area contributed by atoms with Crippen LogP contribution in [-0.4, -0.2) is 75.4 Å². The molecule has 8 N–H and O–H groups in total. The van der Waals surface area contributed by atoms with Gasteiger partial charge in [0.2, 0.25) is 17.7 Å². The van der Waals surface area contributed by atoms with Gasteiger partial charge in [0, 0.05) is 0 Å². The molecule has 6 atom stereocenters. The average molecular weight is 467 g/mol. The van der Waals surface area contributed by atoms with Crippen LogP contribution in [0.15, 0.2) is 30.3 Å². The Balaban J connectivity index is 2.88. The maximum atomic E-state index is 12.7. The van der Waals surface area contributed by atoms with Crippen molar-refractivity contribution in [3.63, 3.8) is 0 Å². The van der Waals surface area contributed by atoms with Gasteiger partial charge in [-0.2, -0.15) is 0 Å². The highest BCUT2D eigenvalue weighted by molar-refractivity contribution is 5.94. The van der Waals surface area contributed by atoms with Gasteiger partial charge in [-0.05, 0) is 31.7 Å². The molecule has 184 valence electrons. The number of hydrogen-bond acceptors (Lipinski definition) is 7. The van der Waals surface area contributed by atoms with Gasteiger partial charge in [-0.15, -0.1) is 0 Å². The fraction of sp³-hybridized carbons (Fsp3) is 0.545. The lowest BCUT2D eigenvalue weighted by molar-refractivity contribution is -0.144. The molecular formula is C22H34N4O7. The lowest BCUT2D eigenvalue weighted by Crippen LogP contribution is -2.62. The van der Waals surface area contributed by atoms with Crippen molar-refractivity contribution in [3.05, 3.63) is 35.9 Å². The fourth-order valence-corrected chi connectivity index (χ4v) is 3.03. The van der Waals surface area contributed by atoms with Crippen molar-refractivity contribution in [2.75, 3.05) is 0 Å². The zero-order chi connectivity index (χ0) is 25.3. The van der Waals surface area contributed by atoms with E-state index in [9.17, 15) is 34.5 Å². The largest absolute Gasteiger partial charge is 0.480 e. The van der Waals surface area contributed by atoms with E-state index in [2.05, 4.69) is 16.0 Å². The Kier molecular flexibility index (Phi) is 10.9. The van der Waals surface area contributed by atoms with Gasteiger partial charge in [0.25, 0.3) is 0 Å². The Morgan fingerprint density at radius 2 is 1.21 bits per heavy atom. The van der Waals surface area contributed by atoms with E-state index < -0.39 is 66.0 Å². The summed E-state index contributed by atoms with van der Waals surface area (Å²) in [7, 11) is 0. The smallest absolute Gasteiger partial charge is 0.326 e. The molecule has 3 amide bonds. The summed E-state index contributed by atoms with van der Waals surface area (Å²) in [6.07, 6.45) is -2.54. The molecule has 1 aromatic carbocycles. The van der Waals surface area contributed by atoms with E-state index in [1.165, 1.54) is 13.8 Å². The number of nitrogens with one attached hydrogen (secondary N) is 3. The molecular weight excluding hydrogens is 432 g/mol. The van der Waals surface area contributed by atoms with Gasteiger partial charge in [-0.3, -0.25) is 14.4 Å². The molecule has 11 nitrogen and oxygen atoms in total. The maximum absolute atomic E-state index is 12.7. The van der Waals surface area contributed by atoms with Crippen molar-refractivity contribution in [3.8, 4) is 0 Å². The van der Waals surface area contributed by atoms with Gasteiger partial charge >= 0.3 is 5.97 Å². The second-order valence-corrected chi connectivity index (χ2v) is 8.32. The summed E-state index contributed by atoms with van der Waals surface area (Å²) in [4.78, 5) is 49.1. The molecule has 0 saturated heterocycles. The first kappa shape index (κ1) is 28.0. The highest BCUT2D eigenvalue weighted by Gasteiger charge is 2.34. The van der Waals surface area contributed by atoms with Crippen molar-refractivity contribution in [1.82, 2.24) is 16.0 Å². The molecule has 33 heavy (non-hydrogen) atoms. The first-order valence-electron chi connectivity index (χ1n) is 10.6. The third-order valence-electron chi connectivity index (χ3n) is 4.99. The summed E-state index contributed by atoms with van der Waals surface area (Å²) in [5.74, 6) is -4.27. The summed E-state index contributed by atoms with van der Waals surface area (Å²) in [5.41, 5.74) is 6.73. The first-order valence-corrected chi connectivity index (χ1v) is 10.6. The van der Waals surface area contributed by atoms with E-state index in [0.717, 1.165) is 5.56 Å². The molecule has 0 aromatic heterocycles. The van der Waals surface area contributed by atoms with Crippen molar-refractivity contribution in [2.45, 2.75) is 70.5 Å². The van der Waals surface area contributed by atoms with Gasteiger partial charge < -0.3 is 37.0 Å². The van der Waals surface area contributed by atoms with Crippen LogP contribution >= 0.6 is 0 Å². The number of aliphatic carboxylic acids is 1. The molecule has 0 heterocycles. The van der Waals surface area contributed by atoms with Crippen LogP contribution in [-0.2, 0) is 25.6 Å². The normalized spacial score (nSPS) is 16.6. The van der Waals surface area contributed by atoms with Gasteiger partial charge in [-0.25, -0.2) is 4.79 Å². The molecule has 0 aliphatic rings. The summed E-state index contributed by atoms with van der Waals surface area (Å²) in [5, 5.41) is 36.2. The van der Waals surface area contributed by atoms with E-state index in [4.69, 9.17) is 5.73 Å². The standard InChI is InChI=1S/C22H34N4O7/c1-11(2)16(22(32)33)24-20(30)18(13(4)28)26-21(31)17(12(3)27)25-19(29)15(23)10-14-8-6-5-7-9-14/h5-9,11-13,15-18,27-28H,10,23H2,1-4H3,(H,24,30)(H,25,29)(H,26,31)(H,32,33). The minimum Gasteiger partial charge on any atom is -0.480 e. The quantitative estimate of drug-likeness (QED) is 0.194. The molecule has 0 fully saturated rings. The van der Waals surface area contributed by atoms with Crippen LogP contribution < -0.4 is 21.7 Å². The van der Waals surface area contributed by atoms with E-state index in [0.29, 0.717) is 0 Å². The molecule has 0 aliphatic heterocycles. The number of carbonyl (C=O) groups excluding carboxylic acids is 3. The van der Waals surface area contributed by atoms with Crippen LogP contribution in [0.4, 0.5) is 0 Å². The minimum atomic E-state index is -1.52. The number of nitrogens with two attached hydrogens (primary N) is 1. The van der Waals surface area contributed by atoms with Crippen molar-refractivity contribution in [2.24, 2.45) is 11.7 Å². The molecule has 0 saturated carbocycles. The molecule has 0 spiro atoms. The lowest BCUT2D eigenvalue weighted by Gasteiger charge is -2.28. The van der Waals surface area contributed by atoms with Crippen molar-refractivity contribution < 1.29 is 34.5 Å². The lowest BCUT2D eigenvalue weighted by atomic mass is 10.0. The Hall–Kier alpha value is -3.02. The molecule has 0 aliphatic carbocycles. The highest BCUT2D eigenvalue weighted by atomic mass is 16.4. The third kappa shape index (κ3) is 8.79. The Labute approximate surface area is 192 Å². The highest BCUT2D eigenvalue weighted by Crippen LogP contribution is 2.06. The summed E-state index contributed by atoms with van der Waals surface area (Å²) in [6, 6.07) is 3.76. The molecule has 11 heteroatoms. The number of aliphatic hydroxyl groups is 2. The predicted molar refractivity (Wildman–Crippen MR) is 120 cm³/mol. The number of amides is 3. The summed E-state index contributed by atoms with van der Waals surface area (Å²) in [6.45, 7) is 5.69. The number of aliphatic hydroxyl groups excluding tert-OH is 2. The Bertz CT molecular complexity index is 814. The second kappa shape index (κ2) is 12.9. The van der Waals surface area contributed by atoms with Crippen LogP contribution in [0.3, 0.4) is 0 Å². The van der Waals surface area contributed by atoms with Crippen molar-refractivity contribution in [1.29, 1.82) is 0 Å². The number of carboxylic acids is 1. The van der Waals surface area contributed by atoms with Gasteiger partial charge in [0.05, 0.1) is 18.2 Å². The van der Waals surface area contributed by atoms with Crippen molar-refractivity contribution >= 4 is 23.7 Å². The summed E-state index contributed by atoms with van der Waals surface area (Å²) >= 11 is 0. The fourth-order valence-electron chi connectivity index (χ4n) is 3.03. The number of carbonyl (C=O) groups is 4. The van der Waals surface area contributed by atoms with Crippen LogP contribution in [0.25, 0.3) is 0 Å². The monoisotopic (exact) mass is 466 g/mol.